The van der Waals surface area contributed by atoms with Crippen LogP contribution < -0.4 is 0 Å². The standard InChI is InChI=1S/C9H18FNO3S/c10-4-2-6-15(13,14)11-5-1-3-9(7-11)8-12/h9,12H,1-8H2. The number of halogens is 1. The first kappa shape index (κ1) is 12.9. The first-order valence-electron chi connectivity index (χ1n) is 5.25. The Morgan fingerprint density at radius 3 is 2.80 bits per heavy atom. The smallest absolute Gasteiger partial charge is 0.214 e. The number of rotatable bonds is 5. The molecule has 0 aromatic heterocycles. The number of aliphatic hydroxyl groups excluding tert-OH is 1. The topological polar surface area (TPSA) is 57.6 Å². The zero-order valence-electron chi connectivity index (χ0n) is 8.73. The van der Waals surface area contributed by atoms with Crippen molar-refractivity contribution >= 4 is 10.0 Å². The number of alkyl halides is 1. The number of piperidine rings is 1. The maximum absolute atomic E-state index is 11.9. The van der Waals surface area contributed by atoms with Crippen molar-refractivity contribution in [3.63, 3.8) is 0 Å². The molecule has 0 amide bonds. The molecule has 0 saturated carbocycles. The van der Waals surface area contributed by atoms with Crippen LogP contribution in [0.1, 0.15) is 19.3 Å². The lowest BCUT2D eigenvalue weighted by atomic mass is 10.0. The van der Waals surface area contributed by atoms with Crippen molar-refractivity contribution in [1.29, 1.82) is 0 Å². The van der Waals surface area contributed by atoms with Crippen LogP contribution in [-0.2, 0) is 10.0 Å². The molecule has 0 bridgehead atoms. The molecule has 0 aliphatic carbocycles. The Balaban J connectivity index is 2.54. The van der Waals surface area contributed by atoms with Crippen LogP contribution >= 0.6 is 0 Å². The molecule has 1 atom stereocenters. The Hall–Kier alpha value is -0.200. The van der Waals surface area contributed by atoms with Crippen molar-refractivity contribution in [2.45, 2.75) is 19.3 Å². The Labute approximate surface area is 90.1 Å². The summed E-state index contributed by atoms with van der Waals surface area (Å²) >= 11 is 0. The summed E-state index contributed by atoms with van der Waals surface area (Å²) in [5, 5.41) is 8.97. The summed E-state index contributed by atoms with van der Waals surface area (Å²) in [5.41, 5.74) is 0. The van der Waals surface area contributed by atoms with E-state index in [-0.39, 0.29) is 24.7 Å². The Bertz CT molecular complexity index is 281. The molecular weight excluding hydrogens is 221 g/mol. The van der Waals surface area contributed by atoms with Gasteiger partial charge in [-0.25, -0.2) is 12.7 Å². The molecule has 1 rings (SSSR count). The third-order valence-corrected chi connectivity index (χ3v) is 4.59. The third kappa shape index (κ3) is 3.70. The molecule has 90 valence electrons. The van der Waals surface area contributed by atoms with Crippen molar-refractivity contribution in [2.75, 3.05) is 32.1 Å². The highest BCUT2D eigenvalue weighted by Crippen LogP contribution is 2.19. The largest absolute Gasteiger partial charge is 0.396 e. The molecule has 0 aromatic rings. The number of hydrogen-bond donors (Lipinski definition) is 1. The molecule has 1 fully saturated rings. The Morgan fingerprint density at radius 2 is 2.20 bits per heavy atom. The van der Waals surface area contributed by atoms with Crippen molar-refractivity contribution < 1.29 is 17.9 Å². The van der Waals surface area contributed by atoms with Gasteiger partial charge in [0.15, 0.2) is 0 Å². The summed E-state index contributed by atoms with van der Waals surface area (Å²) in [5.74, 6) is -0.0827. The maximum Gasteiger partial charge on any atom is 0.214 e. The van der Waals surface area contributed by atoms with Gasteiger partial charge in [-0.1, -0.05) is 0 Å². The van der Waals surface area contributed by atoms with E-state index in [2.05, 4.69) is 0 Å². The van der Waals surface area contributed by atoms with E-state index in [9.17, 15) is 12.8 Å². The lowest BCUT2D eigenvalue weighted by Crippen LogP contribution is -2.42. The lowest BCUT2D eigenvalue weighted by Gasteiger charge is -2.30. The number of nitrogens with zero attached hydrogens (tertiary/aromatic N) is 1. The minimum Gasteiger partial charge on any atom is -0.396 e. The van der Waals surface area contributed by atoms with Crippen LogP contribution in [0, 0.1) is 5.92 Å². The molecule has 1 aliphatic rings. The van der Waals surface area contributed by atoms with Crippen molar-refractivity contribution in [1.82, 2.24) is 4.31 Å². The van der Waals surface area contributed by atoms with Crippen molar-refractivity contribution in [3.05, 3.63) is 0 Å². The molecule has 15 heavy (non-hydrogen) atoms. The number of aliphatic hydroxyl groups is 1. The second-order valence-electron chi connectivity index (χ2n) is 3.91. The highest BCUT2D eigenvalue weighted by Gasteiger charge is 2.27. The Morgan fingerprint density at radius 1 is 1.47 bits per heavy atom. The average Bonchev–Trinajstić information content (AvgIpc) is 2.26. The van der Waals surface area contributed by atoms with E-state index in [1.54, 1.807) is 0 Å². The van der Waals surface area contributed by atoms with Gasteiger partial charge < -0.3 is 5.11 Å². The van der Waals surface area contributed by atoms with Gasteiger partial charge in [0, 0.05) is 19.7 Å². The van der Waals surface area contributed by atoms with Gasteiger partial charge in [0.05, 0.1) is 12.4 Å². The van der Waals surface area contributed by atoms with Crippen LogP contribution in [0.15, 0.2) is 0 Å². The molecular formula is C9H18FNO3S. The van der Waals surface area contributed by atoms with Gasteiger partial charge in [0.1, 0.15) is 0 Å². The average molecular weight is 239 g/mol. The fourth-order valence-electron chi connectivity index (χ4n) is 1.79. The monoisotopic (exact) mass is 239 g/mol. The van der Waals surface area contributed by atoms with E-state index in [1.165, 1.54) is 4.31 Å². The number of hydrogen-bond acceptors (Lipinski definition) is 3. The van der Waals surface area contributed by atoms with Gasteiger partial charge in [-0.15, -0.1) is 0 Å². The molecule has 1 unspecified atom stereocenters. The van der Waals surface area contributed by atoms with Crippen molar-refractivity contribution in [2.24, 2.45) is 5.92 Å². The van der Waals surface area contributed by atoms with Crippen LogP contribution in [-0.4, -0.2) is 50.0 Å². The van der Waals surface area contributed by atoms with E-state index in [4.69, 9.17) is 5.11 Å². The molecule has 0 radical (unpaired) electrons. The molecule has 1 heterocycles. The minimum atomic E-state index is -3.31. The first-order chi connectivity index (χ1) is 7.10. The normalized spacial score (nSPS) is 24.3. The molecule has 0 spiro atoms. The summed E-state index contributed by atoms with van der Waals surface area (Å²) in [6.45, 7) is 0.307. The quantitative estimate of drug-likeness (QED) is 0.754. The third-order valence-electron chi connectivity index (χ3n) is 2.67. The second kappa shape index (κ2) is 5.77. The van der Waals surface area contributed by atoms with Gasteiger partial charge in [-0.2, -0.15) is 0 Å². The fraction of sp³-hybridized carbons (Fsp3) is 1.00. The van der Waals surface area contributed by atoms with Gasteiger partial charge in [-0.3, -0.25) is 4.39 Å². The lowest BCUT2D eigenvalue weighted by molar-refractivity contribution is 0.165. The molecule has 4 nitrogen and oxygen atoms in total. The summed E-state index contributed by atoms with van der Waals surface area (Å²) in [6.07, 6.45) is 1.70. The van der Waals surface area contributed by atoms with E-state index in [1.807, 2.05) is 0 Å². The highest BCUT2D eigenvalue weighted by atomic mass is 32.2. The predicted octanol–water partition coefficient (Wildman–Crippen LogP) is 0.380. The zero-order valence-corrected chi connectivity index (χ0v) is 9.55. The van der Waals surface area contributed by atoms with E-state index >= 15 is 0 Å². The minimum absolute atomic E-state index is 0.0229. The first-order valence-corrected chi connectivity index (χ1v) is 6.85. The van der Waals surface area contributed by atoms with Crippen LogP contribution in [0.4, 0.5) is 4.39 Å². The van der Waals surface area contributed by atoms with Crippen LogP contribution in [0.2, 0.25) is 0 Å². The summed E-state index contributed by atoms with van der Waals surface area (Å²) < 4.78 is 36.7. The van der Waals surface area contributed by atoms with E-state index in [0.29, 0.717) is 13.1 Å². The number of sulfonamides is 1. The molecule has 6 heteroatoms. The Kier molecular flexibility index (Phi) is 4.95. The van der Waals surface area contributed by atoms with Gasteiger partial charge in [0.2, 0.25) is 10.0 Å². The van der Waals surface area contributed by atoms with Crippen LogP contribution in [0.3, 0.4) is 0 Å². The predicted molar refractivity (Wildman–Crippen MR) is 55.8 cm³/mol. The fourth-order valence-corrected chi connectivity index (χ4v) is 3.37. The molecule has 1 aliphatic heterocycles. The molecule has 1 N–H and O–H groups in total. The SMILES string of the molecule is O=S(=O)(CCCF)N1CCCC(CO)C1. The molecule has 0 aromatic carbocycles. The van der Waals surface area contributed by atoms with Gasteiger partial charge in [0.25, 0.3) is 0 Å². The summed E-state index contributed by atoms with van der Waals surface area (Å²) in [4.78, 5) is 0. The van der Waals surface area contributed by atoms with E-state index < -0.39 is 16.7 Å². The second-order valence-corrected chi connectivity index (χ2v) is 6.00. The van der Waals surface area contributed by atoms with Crippen LogP contribution in [0.25, 0.3) is 0 Å². The van der Waals surface area contributed by atoms with Gasteiger partial charge >= 0.3 is 0 Å². The highest BCUT2D eigenvalue weighted by molar-refractivity contribution is 7.89. The maximum atomic E-state index is 11.9. The summed E-state index contributed by atoms with van der Waals surface area (Å²) in [6, 6.07) is 0. The van der Waals surface area contributed by atoms with Crippen molar-refractivity contribution in [3.8, 4) is 0 Å². The zero-order chi connectivity index (χ0) is 11.3. The summed E-state index contributed by atoms with van der Waals surface area (Å²) in [7, 11) is -3.31. The molecule has 1 saturated heterocycles. The van der Waals surface area contributed by atoms with E-state index in [0.717, 1.165) is 12.8 Å². The van der Waals surface area contributed by atoms with Gasteiger partial charge in [-0.05, 0) is 25.2 Å². The van der Waals surface area contributed by atoms with Crippen LogP contribution in [0.5, 0.6) is 0 Å².